The molecule has 1 fully saturated rings. The lowest BCUT2D eigenvalue weighted by Gasteiger charge is -2.32. The first kappa shape index (κ1) is 19.3. The molecule has 1 saturated heterocycles. The molecule has 1 unspecified atom stereocenters. The summed E-state index contributed by atoms with van der Waals surface area (Å²) in [5.41, 5.74) is 4.25. The van der Waals surface area contributed by atoms with Gasteiger partial charge in [0.1, 0.15) is 5.75 Å². The Morgan fingerprint density at radius 3 is 2.73 bits per heavy atom. The van der Waals surface area contributed by atoms with E-state index in [4.69, 9.17) is 9.84 Å². The van der Waals surface area contributed by atoms with Gasteiger partial charge in [0.2, 0.25) is 0 Å². The van der Waals surface area contributed by atoms with E-state index >= 15 is 0 Å². The molecule has 6 nitrogen and oxygen atoms in total. The van der Waals surface area contributed by atoms with Gasteiger partial charge in [-0.3, -0.25) is 9.48 Å². The minimum atomic E-state index is -0.283. The summed E-state index contributed by atoms with van der Waals surface area (Å²) in [7, 11) is 1.90. The standard InChI is InChI=1S/C24H27N3O3/c1-26-15-20-12-18(4-5-22(20)25-26)21-13-19-3-2-17(14-23(19)30-24(21)29)16-6-8-27(9-7-16)10-11-28/h2-5,12,14-16,21,28H,6-11,13H2,1H3. The Labute approximate surface area is 176 Å². The lowest BCUT2D eigenvalue weighted by molar-refractivity contribution is -0.137. The van der Waals surface area contributed by atoms with Gasteiger partial charge in [0.15, 0.2) is 0 Å². The number of hydrogen-bond acceptors (Lipinski definition) is 5. The van der Waals surface area contributed by atoms with Gasteiger partial charge in [-0.05, 0) is 73.2 Å². The van der Waals surface area contributed by atoms with Gasteiger partial charge in [-0.2, -0.15) is 5.10 Å². The van der Waals surface area contributed by atoms with Gasteiger partial charge < -0.3 is 14.7 Å². The molecule has 1 aromatic heterocycles. The largest absolute Gasteiger partial charge is 0.426 e. The Morgan fingerprint density at radius 2 is 1.93 bits per heavy atom. The van der Waals surface area contributed by atoms with Crippen LogP contribution in [0.15, 0.2) is 42.6 Å². The van der Waals surface area contributed by atoms with Crippen molar-refractivity contribution < 1.29 is 14.6 Å². The monoisotopic (exact) mass is 405 g/mol. The molecular formula is C24H27N3O3. The van der Waals surface area contributed by atoms with Crippen LogP contribution in [0.5, 0.6) is 5.75 Å². The van der Waals surface area contributed by atoms with Crippen molar-refractivity contribution in [2.24, 2.45) is 7.05 Å². The summed E-state index contributed by atoms with van der Waals surface area (Å²) >= 11 is 0. The van der Waals surface area contributed by atoms with Crippen molar-refractivity contribution in [2.45, 2.75) is 31.1 Å². The highest BCUT2D eigenvalue weighted by molar-refractivity contribution is 5.86. The second-order valence-electron chi connectivity index (χ2n) is 8.51. The Morgan fingerprint density at radius 1 is 1.13 bits per heavy atom. The number of β-amino-alcohol motifs (C(OH)–C–C–N with tert-alkyl or cyclic N) is 1. The van der Waals surface area contributed by atoms with Crippen LogP contribution >= 0.6 is 0 Å². The van der Waals surface area contributed by atoms with E-state index in [0.29, 0.717) is 18.1 Å². The molecule has 0 bridgehead atoms. The zero-order chi connectivity index (χ0) is 20.7. The quantitative estimate of drug-likeness (QED) is 0.534. The number of ether oxygens (including phenoxy) is 1. The number of carbonyl (C=O) groups excluding carboxylic acids is 1. The maximum absolute atomic E-state index is 12.8. The second-order valence-corrected chi connectivity index (χ2v) is 8.51. The lowest BCUT2D eigenvalue weighted by Crippen LogP contribution is -2.35. The fraction of sp³-hybridized carbons (Fsp3) is 0.417. The second kappa shape index (κ2) is 7.85. The minimum absolute atomic E-state index is 0.180. The first-order valence-electron chi connectivity index (χ1n) is 10.7. The van der Waals surface area contributed by atoms with Crippen molar-refractivity contribution in [3.63, 3.8) is 0 Å². The van der Waals surface area contributed by atoms with E-state index in [2.05, 4.69) is 28.2 Å². The molecule has 0 saturated carbocycles. The van der Waals surface area contributed by atoms with E-state index in [-0.39, 0.29) is 18.5 Å². The highest BCUT2D eigenvalue weighted by atomic mass is 16.5. The summed E-state index contributed by atoms with van der Waals surface area (Å²) in [5, 5.41) is 14.6. The van der Waals surface area contributed by atoms with Crippen molar-refractivity contribution in [1.82, 2.24) is 14.7 Å². The van der Waals surface area contributed by atoms with Gasteiger partial charge in [0, 0.05) is 25.2 Å². The summed E-state index contributed by atoms with van der Waals surface area (Å²) in [6.45, 7) is 2.97. The third-order valence-corrected chi connectivity index (χ3v) is 6.53. The Bertz CT molecular complexity index is 1080. The maximum atomic E-state index is 12.8. The van der Waals surface area contributed by atoms with E-state index in [1.807, 2.05) is 31.4 Å². The van der Waals surface area contributed by atoms with E-state index in [0.717, 1.165) is 54.5 Å². The molecule has 2 aliphatic heterocycles. The molecule has 156 valence electrons. The molecule has 0 aliphatic carbocycles. The summed E-state index contributed by atoms with van der Waals surface area (Å²) in [5.74, 6) is 0.735. The number of aliphatic hydroxyl groups is 1. The average Bonchev–Trinajstić information content (AvgIpc) is 3.13. The molecule has 0 spiro atoms. The molecule has 3 aromatic rings. The molecule has 1 N–H and O–H groups in total. The number of carbonyl (C=O) groups is 1. The average molecular weight is 405 g/mol. The number of benzene rings is 2. The van der Waals surface area contributed by atoms with Gasteiger partial charge in [-0.15, -0.1) is 0 Å². The SMILES string of the molecule is Cn1cc2cc(C3Cc4ccc(C5CCN(CCO)CC5)cc4OC3=O)ccc2n1. The Balaban J connectivity index is 1.34. The molecule has 2 aliphatic rings. The van der Waals surface area contributed by atoms with Crippen LogP contribution in [0.2, 0.25) is 0 Å². The zero-order valence-electron chi connectivity index (χ0n) is 17.3. The highest BCUT2D eigenvalue weighted by Crippen LogP contribution is 2.37. The number of piperidine rings is 1. The van der Waals surface area contributed by atoms with Crippen LogP contribution in [0.4, 0.5) is 0 Å². The molecular weight excluding hydrogens is 378 g/mol. The lowest BCUT2D eigenvalue weighted by atomic mass is 9.85. The smallest absolute Gasteiger partial charge is 0.319 e. The maximum Gasteiger partial charge on any atom is 0.319 e. The number of aryl methyl sites for hydroxylation is 1. The van der Waals surface area contributed by atoms with Crippen molar-refractivity contribution >= 4 is 16.9 Å². The van der Waals surface area contributed by atoms with Gasteiger partial charge in [0.25, 0.3) is 0 Å². The summed E-state index contributed by atoms with van der Waals surface area (Å²) in [6, 6.07) is 12.4. The van der Waals surface area contributed by atoms with Gasteiger partial charge in [0.05, 0.1) is 18.0 Å². The van der Waals surface area contributed by atoms with E-state index < -0.39 is 0 Å². The highest BCUT2D eigenvalue weighted by Gasteiger charge is 2.31. The van der Waals surface area contributed by atoms with Gasteiger partial charge in [-0.25, -0.2) is 0 Å². The van der Waals surface area contributed by atoms with E-state index in [1.165, 1.54) is 5.56 Å². The molecule has 6 heteroatoms. The predicted octanol–water partition coefficient (Wildman–Crippen LogP) is 2.99. The van der Waals surface area contributed by atoms with Gasteiger partial charge >= 0.3 is 5.97 Å². The molecule has 1 atom stereocenters. The van der Waals surface area contributed by atoms with Crippen molar-refractivity contribution in [2.75, 3.05) is 26.2 Å². The van der Waals surface area contributed by atoms with Crippen LogP contribution in [0.3, 0.4) is 0 Å². The molecule has 5 rings (SSSR count). The fourth-order valence-corrected chi connectivity index (χ4v) is 4.84. The van der Waals surface area contributed by atoms with Crippen LogP contribution in [0.1, 0.15) is 41.4 Å². The van der Waals surface area contributed by atoms with E-state index in [9.17, 15) is 4.79 Å². The number of aliphatic hydroxyl groups excluding tert-OH is 1. The van der Waals surface area contributed by atoms with Crippen LogP contribution in [-0.2, 0) is 18.3 Å². The number of likely N-dealkylation sites (tertiary alicyclic amines) is 1. The third kappa shape index (κ3) is 3.61. The summed E-state index contributed by atoms with van der Waals surface area (Å²) in [4.78, 5) is 15.1. The van der Waals surface area contributed by atoms with Crippen LogP contribution in [0, 0.1) is 0 Å². The minimum Gasteiger partial charge on any atom is -0.426 e. The molecule has 0 amide bonds. The number of esters is 1. The van der Waals surface area contributed by atoms with Crippen molar-refractivity contribution in [3.8, 4) is 5.75 Å². The number of aromatic nitrogens is 2. The molecule has 30 heavy (non-hydrogen) atoms. The van der Waals surface area contributed by atoms with E-state index in [1.54, 1.807) is 4.68 Å². The van der Waals surface area contributed by atoms with Crippen LogP contribution in [0.25, 0.3) is 10.9 Å². The number of fused-ring (bicyclic) bond motifs is 2. The summed E-state index contributed by atoms with van der Waals surface area (Å²) in [6.07, 6.45) is 4.77. The first-order chi connectivity index (χ1) is 14.6. The van der Waals surface area contributed by atoms with Crippen LogP contribution in [-0.4, -0.2) is 52.0 Å². The fourth-order valence-electron chi connectivity index (χ4n) is 4.84. The normalized spacial score (nSPS) is 20.3. The molecule has 3 heterocycles. The van der Waals surface area contributed by atoms with Crippen molar-refractivity contribution in [3.05, 3.63) is 59.3 Å². The topological polar surface area (TPSA) is 67.6 Å². The molecule has 2 aromatic carbocycles. The predicted molar refractivity (Wildman–Crippen MR) is 115 cm³/mol. The number of hydrogen-bond donors (Lipinski definition) is 1. The number of nitrogens with zero attached hydrogens (tertiary/aromatic N) is 3. The van der Waals surface area contributed by atoms with Crippen molar-refractivity contribution in [1.29, 1.82) is 0 Å². The van der Waals surface area contributed by atoms with Gasteiger partial charge in [-0.1, -0.05) is 18.2 Å². The Kier molecular flexibility index (Phi) is 5.05. The third-order valence-electron chi connectivity index (χ3n) is 6.53. The van der Waals surface area contributed by atoms with Crippen LogP contribution < -0.4 is 4.74 Å². The zero-order valence-corrected chi connectivity index (χ0v) is 17.3. The summed E-state index contributed by atoms with van der Waals surface area (Å²) < 4.78 is 7.59. The Hall–Kier alpha value is -2.70. The number of rotatable bonds is 4. The first-order valence-corrected chi connectivity index (χ1v) is 10.7. The molecule has 0 radical (unpaired) electrons.